The average Bonchev–Trinajstić information content (AvgIpc) is 2.46. The number of hydrogen-bond acceptors (Lipinski definition) is 2. The highest BCUT2D eigenvalue weighted by Crippen LogP contribution is 2.29. The summed E-state index contributed by atoms with van der Waals surface area (Å²) < 4.78 is 5.07. The van der Waals surface area contributed by atoms with Gasteiger partial charge in [0.1, 0.15) is 11.3 Å². The lowest BCUT2D eigenvalue weighted by Crippen LogP contribution is -1.89. The summed E-state index contributed by atoms with van der Waals surface area (Å²) >= 11 is 0. The second kappa shape index (κ2) is 1.95. The zero-order valence-corrected chi connectivity index (χ0v) is 6.14. The monoisotopic (exact) mass is 151 g/mol. The van der Waals surface area contributed by atoms with Gasteiger partial charge in [0, 0.05) is 6.20 Å². The minimum Gasteiger partial charge on any atom is -0.491 e. The van der Waals surface area contributed by atoms with Crippen LogP contribution < -0.4 is 10.5 Å². The van der Waals surface area contributed by atoms with Crippen molar-refractivity contribution in [3.63, 3.8) is 0 Å². The minimum absolute atomic E-state index is 0.564. The van der Waals surface area contributed by atoms with Crippen LogP contribution in [-0.4, -0.2) is 17.1 Å². The fraction of sp³-hybridized carbons (Fsp3) is 0.143. The number of H-pyrrole nitrogens is 2. The van der Waals surface area contributed by atoms with Gasteiger partial charge in [-0.05, 0) is 6.07 Å². The summed E-state index contributed by atoms with van der Waals surface area (Å²) in [6.45, 7) is 0. The van der Waals surface area contributed by atoms with Gasteiger partial charge in [-0.2, -0.15) is 0 Å². The standard InChI is InChI=1S/C7H9N3O/c1-11-6-5-4(2-3-9-5)10-7(6)8/h2-3,9-10H,8H2,1H3. The molecule has 11 heavy (non-hydrogen) atoms. The first-order valence-corrected chi connectivity index (χ1v) is 3.31. The van der Waals surface area contributed by atoms with Crippen molar-refractivity contribution < 1.29 is 4.74 Å². The Morgan fingerprint density at radius 1 is 1.55 bits per heavy atom. The van der Waals surface area contributed by atoms with Crippen LogP contribution in [0.4, 0.5) is 5.82 Å². The topological polar surface area (TPSA) is 66.8 Å². The molecule has 2 heterocycles. The van der Waals surface area contributed by atoms with Crippen LogP contribution in [-0.2, 0) is 0 Å². The molecule has 2 aromatic heterocycles. The number of fused-ring (bicyclic) bond motifs is 1. The lowest BCUT2D eigenvalue weighted by Gasteiger charge is -1.95. The average molecular weight is 151 g/mol. The van der Waals surface area contributed by atoms with E-state index in [1.807, 2.05) is 12.3 Å². The van der Waals surface area contributed by atoms with Crippen LogP contribution in [0, 0.1) is 0 Å². The quantitative estimate of drug-likeness (QED) is 0.571. The van der Waals surface area contributed by atoms with Crippen molar-refractivity contribution in [3.8, 4) is 5.75 Å². The number of nitrogens with two attached hydrogens (primary N) is 1. The molecule has 0 aliphatic heterocycles. The molecule has 0 aliphatic rings. The van der Waals surface area contributed by atoms with Crippen LogP contribution in [0.25, 0.3) is 11.0 Å². The Morgan fingerprint density at radius 2 is 2.36 bits per heavy atom. The molecule has 0 saturated carbocycles. The number of anilines is 1. The highest BCUT2D eigenvalue weighted by molar-refractivity contribution is 5.88. The van der Waals surface area contributed by atoms with Crippen LogP contribution in [0.5, 0.6) is 5.75 Å². The Labute approximate surface area is 63.3 Å². The summed E-state index contributed by atoms with van der Waals surface area (Å²) in [5.41, 5.74) is 7.50. The van der Waals surface area contributed by atoms with Crippen LogP contribution in [0.3, 0.4) is 0 Å². The molecular formula is C7H9N3O. The molecule has 0 radical (unpaired) electrons. The van der Waals surface area contributed by atoms with Gasteiger partial charge < -0.3 is 20.4 Å². The molecule has 2 aromatic rings. The third kappa shape index (κ3) is 0.690. The fourth-order valence-corrected chi connectivity index (χ4v) is 1.21. The second-order valence-electron chi connectivity index (χ2n) is 2.34. The van der Waals surface area contributed by atoms with E-state index in [9.17, 15) is 0 Å². The molecule has 0 saturated heterocycles. The summed E-state index contributed by atoms with van der Waals surface area (Å²) in [5, 5.41) is 0. The van der Waals surface area contributed by atoms with Crippen LogP contribution in [0.2, 0.25) is 0 Å². The van der Waals surface area contributed by atoms with Crippen molar-refractivity contribution in [3.05, 3.63) is 12.3 Å². The maximum atomic E-state index is 5.61. The van der Waals surface area contributed by atoms with Gasteiger partial charge in [-0.1, -0.05) is 0 Å². The molecule has 0 aromatic carbocycles. The normalized spacial score (nSPS) is 10.6. The van der Waals surface area contributed by atoms with E-state index in [2.05, 4.69) is 9.97 Å². The Kier molecular flexibility index (Phi) is 1.09. The molecule has 58 valence electrons. The van der Waals surface area contributed by atoms with E-state index in [0.717, 1.165) is 11.0 Å². The largest absolute Gasteiger partial charge is 0.491 e. The van der Waals surface area contributed by atoms with Crippen molar-refractivity contribution in [1.29, 1.82) is 0 Å². The Bertz CT molecular complexity index is 374. The van der Waals surface area contributed by atoms with Gasteiger partial charge in [-0.25, -0.2) is 0 Å². The first kappa shape index (κ1) is 6.15. The molecule has 4 N–H and O–H groups in total. The first-order valence-electron chi connectivity index (χ1n) is 3.31. The molecule has 2 rings (SSSR count). The molecule has 0 atom stereocenters. The van der Waals surface area contributed by atoms with Gasteiger partial charge in [-0.15, -0.1) is 0 Å². The number of nitrogens with one attached hydrogen (secondary N) is 2. The van der Waals surface area contributed by atoms with E-state index in [4.69, 9.17) is 10.5 Å². The summed E-state index contributed by atoms with van der Waals surface area (Å²) in [5.74, 6) is 1.25. The molecule has 4 nitrogen and oxygen atoms in total. The van der Waals surface area contributed by atoms with Crippen LogP contribution in [0.15, 0.2) is 12.3 Å². The SMILES string of the molecule is COc1c(N)[nH]c2cc[nH]c12. The van der Waals surface area contributed by atoms with E-state index < -0.39 is 0 Å². The van der Waals surface area contributed by atoms with E-state index in [1.165, 1.54) is 0 Å². The summed E-state index contributed by atoms with van der Waals surface area (Å²) in [4.78, 5) is 6.00. The summed E-state index contributed by atoms with van der Waals surface area (Å²) in [7, 11) is 1.60. The van der Waals surface area contributed by atoms with Gasteiger partial charge in [-0.3, -0.25) is 0 Å². The van der Waals surface area contributed by atoms with Gasteiger partial charge in [0.05, 0.1) is 12.6 Å². The molecule has 0 unspecified atom stereocenters. The predicted octanol–water partition coefficient (Wildman–Crippen LogP) is 1.09. The number of hydrogen-bond donors (Lipinski definition) is 3. The van der Waals surface area contributed by atoms with E-state index in [0.29, 0.717) is 11.6 Å². The number of methoxy groups -OCH3 is 1. The highest BCUT2D eigenvalue weighted by Gasteiger charge is 2.08. The zero-order valence-electron chi connectivity index (χ0n) is 6.14. The Hall–Kier alpha value is -1.58. The van der Waals surface area contributed by atoms with Crippen molar-refractivity contribution in [2.75, 3.05) is 12.8 Å². The van der Waals surface area contributed by atoms with Gasteiger partial charge >= 0.3 is 0 Å². The number of aromatic amines is 2. The van der Waals surface area contributed by atoms with Gasteiger partial charge in [0.25, 0.3) is 0 Å². The maximum absolute atomic E-state index is 5.61. The van der Waals surface area contributed by atoms with Gasteiger partial charge in [0.2, 0.25) is 0 Å². The van der Waals surface area contributed by atoms with Gasteiger partial charge in [0.15, 0.2) is 5.75 Å². The zero-order chi connectivity index (χ0) is 7.84. The third-order valence-corrected chi connectivity index (χ3v) is 1.69. The van der Waals surface area contributed by atoms with E-state index in [-0.39, 0.29) is 0 Å². The molecule has 0 spiro atoms. The summed E-state index contributed by atoms with van der Waals surface area (Å²) in [6.07, 6.45) is 1.84. The number of ether oxygens (including phenoxy) is 1. The van der Waals surface area contributed by atoms with Crippen LogP contribution >= 0.6 is 0 Å². The molecule has 0 fully saturated rings. The molecule has 4 heteroatoms. The number of aromatic nitrogens is 2. The Balaban J connectivity index is 2.80. The van der Waals surface area contributed by atoms with E-state index >= 15 is 0 Å². The van der Waals surface area contributed by atoms with Crippen molar-refractivity contribution >= 4 is 16.9 Å². The smallest absolute Gasteiger partial charge is 0.184 e. The van der Waals surface area contributed by atoms with Crippen molar-refractivity contribution in [2.24, 2.45) is 0 Å². The van der Waals surface area contributed by atoms with Crippen molar-refractivity contribution in [2.45, 2.75) is 0 Å². The molecular weight excluding hydrogens is 142 g/mol. The highest BCUT2D eigenvalue weighted by atomic mass is 16.5. The lowest BCUT2D eigenvalue weighted by molar-refractivity contribution is 0.421. The lowest BCUT2D eigenvalue weighted by atomic mass is 10.4. The van der Waals surface area contributed by atoms with Crippen LogP contribution in [0.1, 0.15) is 0 Å². The second-order valence-corrected chi connectivity index (χ2v) is 2.34. The van der Waals surface area contributed by atoms with E-state index in [1.54, 1.807) is 7.11 Å². The maximum Gasteiger partial charge on any atom is 0.184 e. The Morgan fingerprint density at radius 3 is 3.09 bits per heavy atom. The van der Waals surface area contributed by atoms with Crippen molar-refractivity contribution in [1.82, 2.24) is 9.97 Å². The minimum atomic E-state index is 0.564. The molecule has 0 aliphatic carbocycles. The fourth-order valence-electron chi connectivity index (χ4n) is 1.21. The number of rotatable bonds is 1. The third-order valence-electron chi connectivity index (χ3n) is 1.69. The molecule has 0 bridgehead atoms. The summed E-state index contributed by atoms with van der Waals surface area (Å²) in [6, 6.07) is 1.91. The predicted molar refractivity (Wildman–Crippen MR) is 43.6 cm³/mol. The first-order chi connectivity index (χ1) is 5.33. The number of nitrogen functional groups attached to an aromatic ring is 1. The molecule has 0 amide bonds.